The number of furan rings is 1. The lowest BCUT2D eigenvalue weighted by Crippen LogP contribution is -2.18. The first-order valence-electron chi connectivity index (χ1n) is 6.80. The van der Waals surface area contributed by atoms with Crippen LogP contribution in [0, 0.1) is 26.7 Å². The maximum atomic E-state index is 6.33. The molecule has 0 aliphatic rings. The minimum Gasteiger partial charge on any atom is -0.459 e. The van der Waals surface area contributed by atoms with Gasteiger partial charge in [-0.3, -0.25) is 0 Å². The van der Waals surface area contributed by atoms with Gasteiger partial charge in [0.25, 0.3) is 0 Å². The number of hydrogen-bond acceptors (Lipinski definition) is 2. The van der Waals surface area contributed by atoms with Crippen LogP contribution in [0.1, 0.15) is 36.3 Å². The van der Waals surface area contributed by atoms with Crippen LogP contribution in [0.4, 0.5) is 0 Å². The molecule has 0 fully saturated rings. The second kappa shape index (κ2) is 5.56. The number of hydrogen-bond donors (Lipinski definition) is 1. The fraction of sp³-hybridized carbons (Fsp3) is 0.500. The van der Waals surface area contributed by atoms with Gasteiger partial charge in [-0.1, -0.05) is 25.4 Å². The Morgan fingerprint density at radius 1 is 1.21 bits per heavy atom. The monoisotopic (exact) mass is 279 g/mol. The average molecular weight is 280 g/mol. The highest BCUT2D eigenvalue weighted by Gasteiger charge is 2.15. The Morgan fingerprint density at radius 2 is 1.89 bits per heavy atom. The molecule has 0 radical (unpaired) electrons. The Balaban J connectivity index is 2.37. The molecule has 1 aromatic heterocycles. The second-order valence-electron chi connectivity index (χ2n) is 5.68. The van der Waals surface area contributed by atoms with Crippen LogP contribution >= 0.6 is 11.6 Å². The molecular formula is C16H22ClNO. The third-order valence-corrected chi connectivity index (χ3v) is 4.09. The van der Waals surface area contributed by atoms with Gasteiger partial charge in [-0.2, -0.15) is 0 Å². The number of rotatable bonds is 4. The number of fused-ring (bicyclic) bond motifs is 1. The van der Waals surface area contributed by atoms with Crippen molar-refractivity contribution in [3.63, 3.8) is 0 Å². The molecule has 0 spiro atoms. The number of aryl methyl sites for hydroxylation is 3. The Morgan fingerprint density at radius 3 is 2.53 bits per heavy atom. The largest absolute Gasteiger partial charge is 0.459 e. The van der Waals surface area contributed by atoms with E-state index in [4.69, 9.17) is 16.0 Å². The van der Waals surface area contributed by atoms with Gasteiger partial charge in [0.1, 0.15) is 11.3 Å². The Bertz CT molecular complexity index is 599. The van der Waals surface area contributed by atoms with Crippen molar-refractivity contribution < 1.29 is 4.42 Å². The quantitative estimate of drug-likeness (QED) is 0.873. The molecule has 2 aromatic rings. The molecular weight excluding hydrogens is 258 g/mol. The zero-order valence-electron chi connectivity index (χ0n) is 12.4. The summed E-state index contributed by atoms with van der Waals surface area (Å²) in [6.07, 6.45) is 0. The van der Waals surface area contributed by atoms with E-state index in [1.54, 1.807) is 0 Å². The third-order valence-electron chi connectivity index (χ3n) is 3.51. The number of halogens is 1. The predicted octanol–water partition coefficient (Wildman–Crippen LogP) is 4.76. The van der Waals surface area contributed by atoms with Crippen LogP contribution in [0.5, 0.6) is 0 Å². The number of benzene rings is 1. The summed E-state index contributed by atoms with van der Waals surface area (Å²) in [5, 5.41) is 5.43. The molecule has 19 heavy (non-hydrogen) atoms. The fourth-order valence-electron chi connectivity index (χ4n) is 2.46. The van der Waals surface area contributed by atoms with E-state index >= 15 is 0 Å². The predicted molar refractivity (Wildman–Crippen MR) is 82.0 cm³/mol. The summed E-state index contributed by atoms with van der Waals surface area (Å²) in [5.41, 5.74) is 4.33. The van der Waals surface area contributed by atoms with Crippen LogP contribution in [0.25, 0.3) is 11.0 Å². The van der Waals surface area contributed by atoms with E-state index in [1.807, 2.05) is 13.0 Å². The summed E-state index contributed by atoms with van der Waals surface area (Å²) in [7, 11) is 0. The van der Waals surface area contributed by atoms with Gasteiger partial charge < -0.3 is 9.73 Å². The lowest BCUT2D eigenvalue weighted by molar-refractivity contribution is 0.482. The molecule has 104 valence electrons. The van der Waals surface area contributed by atoms with E-state index in [1.165, 1.54) is 5.56 Å². The summed E-state index contributed by atoms with van der Waals surface area (Å²) in [4.78, 5) is 0. The molecule has 0 saturated carbocycles. The van der Waals surface area contributed by atoms with E-state index in [2.05, 4.69) is 33.0 Å². The smallest absolute Gasteiger partial charge is 0.135 e. The Hall–Kier alpha value is -0.990. The van der Waals surface area contributed by atoms with E-state index in [-0.39, 0.29) is 0 Å². The standard InChI is InChI=1S/C16H22ClNO/c1-9(2)7-18-8-14-11(4)15-12(5)16(17)10(3)6-13(15)19-14/h6,9,18H,7-8H2,1-5H3. The minimum absolute atomic E-state index is 0.642. The zero-order valence-corrected chi connectivity index (χ0v) is 13.1. The Labute approximate surface area is 120 Å². The topological polar surface area (TPSA) is 25.2 Å². The van der Waals surface area contributed by atoms with Crippen molar-refractivity contribution in [1.82, 2.24) is 5.32 Å². The molecule has 0 bridgehead atoms. The molecule has 2 nitrogen and oxygen atoms in total. The van der Waals surface area contributed by atoms with Gasteiger partial charge in [-0.25, -0.2) is 0 Å². The van der Waals surface area contributed by atoms with Gasteiger partial charge in [0.05, 0.1) is 6.54 Å². The molecule has 0 amide bonds. The van der Waals surface area contributed by atoms with Gasteiger partial charge in [-0.05, 0) is 56.0 Å². The van der Waals surface area contributed by atoms with Crippen LogP contribution in [0.15, 0.2) is 10.5 Å². The first kappa shape index (κ1) is 14.4. The molecule has 0 unspecified atom stereocenters. The first-order chi connectivity index (χ1) is 8.91. The first-order valence-corrected chi connectivity index (χ1v) is 7.18. The molecule has 2 rings (SSSR count). The highest BCUT2D eigenvalue weighted by atomic mass is 35.5. The molecule has 0 aliphatic carbocycles. The maximum Gasteiger partial charge on any atom is 0.135 e. The van der Waals surface area contributed by atoms with E-state index in [0.717, 1.165) is 46.0 Å². The van der Waals surface area contributed by atoms with Gasteiger partial charge >= 0.3 is 0 Å². The van der Waals surface area contributed by atoms with Crippen molar-refractivity contribution in [1.29, 1.82) is 0 Å². The lowest BCUT2D eigenvalue weighted by Gasteiger charge is -2.06. The van der Waals surface area contributed by atoms with Crippen LogP contribution in [0.3, 0.4) is 0 Å². The molecule has 1 heterocycles. The SMILES string of the molecule is Cc1cc2oc(CNCC(C)C)c(C)c2c(C)c1Cl. The lowest BCUT2D eigenvalue weighted by atomic mass is 10.0. The number of nitrogens with one attached hydrogen (secondary N) is 1. The summed E-state index contributed by atoms with van der Waals surface area (Å²) >= 11 is 6.33. The zero-order chi connectivity index (χ0) is 14.2. The summed E-state index contributed by atoms with van der Waals surface area (Å²) in [6.45, 7) is 12.4. The second-order valence-corrected chi connectivity index (χ2v) is 6.06. The minimum atomic E-state index is 0.642. The molecule has 1 N–H and O–H groups in total. The van der Waals surface area contributed by atoms with Crippen molar-refractivity contribution in [2.75, 3.05) is 6.54 Å². The highest BCUT2D eigenvalue weighted by molar-refractivity contribution is 6.33. The van der Waals surface area contributed by atoms with Crippen LogP contribution < -0.4 is 5.32 Å². The van der Waals surface area contributed by atoms with Crippen LogP contribution in [0.2, 0.25) is 5.02 Å². The summed E-state index contributed by atoms with van der Waals surface area (Å²) in [5.74, 6) is 1.66. The summed E-state index contributed by atoms with van der Waals surface area (Å²) in [6, 6.07) is 2.03. The van der Waals surface area contributed by atoms with Crippen molar-refractivity contribution in [2.45, 2.75) is 41.2 Å². The van der Waals surface area contributed by atoms with Crippen LogP contribution in [-0.4, -0.2) is 6.54 Å². The van der Waals surface area contributed by atoms with E-state index < -0.39 is 0 Å². The van der Waals surface area contributed by atoms with E-state index in [0.29, 0.717) is 5.92 Å². The van der Waals surface area contributed by atoms with Crippen molar-refractivity contribution in [2.24, 2.45) is 5.92 Å². The van der Waals surface area contributed by atoms with Crippen molar-refractivity contribution in [3.05, 3.63) is 33.5 Å². The highest BCUT2D eigenvalue weighted by Crippen LogP contribution is 2.34. The molecule has 0 aliphatic heterocycles. The fourth-order valence-corrected chi connectivity index (χ4v) is 2.61. The van der Waals surface area contributed by atoms with Crippen LogP contribution in [-0.2, 0) is 6.54 Å². The van der Waals surface area contributed by atoms with E-state index in [9.17, 15) is 0 Å². The van der Waals surface area contributed by atoms with Gasteiger partial charge in [0, 0.05) is 10.4 Å². The van der Waals surface area contributed by atoms with Crippen molar-refractivity contribution in [3.8, 4) is 0 Å². The average Bonchev–Trinajstić information content (AvgIpc) is 2.63. The third kappa shape index (κ3) is 2.80. The molecule has 3 heteroatoms. The summed E-state index contributed by atoms with van der Waals surface area (Å²) < 4.78 is 5.98. The van der Waals surface area contributed by atoms with Gasteiger partial charge in [0.15, 0.2) is 0 Å². The van der Waals surface area contributed by atoms with Crippen molar-refractivity contribution >= 4 is 22.6 Å². The maximum absolute atomic E-state index is 6.33. The molecule has 0 atom stereocenters. The van der Waals surface area contributed by atoms with Gasteiger partial charge in [0.2, 0.25) is 0 Å². The van der Waals surface area contributed by atoms with Gasteiger partial charge in [-0.15, -0.1) is 0 Å². The Kier molecular flexibility index (Phi) is 4.22. The molecule has 1 aromatic carbocycles. The molecule has 0 saturated heterocycles. The normalized spacial score (nSPS) is 11.7.